The molecule has 0 fully saturated rings. The lowest BCUT2D eigenvalue weighted by molar-refractivity contribution is 0.585. The van der Waals surface area contributed by atoms with E-state index in [0.717, 1.165) is 11.8 Å². The summed E-state index contributed by atoms with van der Waals surface area (Å²) in [6.45, 7) is 1.78. The monoisotopic (exact) mass is 206 g/mol. The Bertz CT molecular complexity index is 498. The number of hydrogen-bond acceptors (Lipinski definition) is 2. The maximum atomic E-state index is 13.3. The molecule has 0 saturated heterocycles. The van der Waals surface area contributed by atoms with Gasteiger partial charge in [0, 0.05) is 18.0 Å². The summed E-state index contributed by atoms with van der Waals surface area (Å²) in [5.74, 6) is -0.989. The number of hydrogen-bond donors (Lipinski definition) is 0. The normalized spacial score (nSPS) is 10.3. The van der Waals surface area contributed by atoms with Gasteiger partial charge in [-0.15, -0.1) is 0 Å². The summed E-state index contributed by atoms with van der Waals surface area (Å²) in [5, 5.41) is 0. The molecule has 2 nitrogen and oxygen atoms in total. The van der Waals surface area contributed by atoms with Gasteiger partial charge in [-0.1, -0.05) is 0 Å². The van der Waals surface area contributed by atoms with Gasteiger partial charge in [0.1, 0.15) is 11.6 Å². The molecular formula is C11H8F2N2. The molecule has 0 bridgehead atoms. The van der Waals surface area contributed by atoms with E-state index in [-0.39, 0.29) is 11.4 Å². The molecule has 0 radical (unpaired) electrons. The van der Waals surface area contributed by atoms with Gasteiger partial charge >= 0.3 is 0 Å². The SMILES string of the molecule is Cc1ccnc(-c2ccc(F)cc2F)n1. The molecule has 0 amide bonds. The van der Waals surface area contributed by atoms with Gasteiger partial charge in [0.25, 0.3) is 0 Å². The second-order valence-electron chi connectivity index (χ2n) is 3.15. The van der Waals surface area contributed by atoms with Crippen LogP contribution in [0.1, 0.15) is 5.69 Å². The van der Waals surface area contributed by atoms with Crippen LogP contribution in [0, 0.1) is 18.6 Å². The van der Waals surface area contributed by atoms with Crippen molar-refractivity contribution in [2.45, 2.75) is 6.92 Å². The molecule has 2 rings (SSSR count). The van der Waals surface area contributed by atoms with Crippen LogP contribution in [0.15, 0.2) is 30.5 Å². The fourth-order valence-corrected chi connectivity index (χ4v) is 1.25. The van der Waals surface area contributed by atoms with E-state index in [1.807, 2.05) is 0 Å². The Balaban J connectivity index is 2.54. The average molecular weight is 206 g/mol. The highest BCUT2D eigenvalue weighted by Gasteiger charge is 2.08. The Hall–Kier alpha value is -1.84. The first-order chi connectivity index (χ1) is 7.16. The van der Waals surface area contributed by atoms with E-state index in [1.165, 1.54) is 12.1 Å². The lowest BCUT2D eigenvalue weighted by Crippen LogP contribution is -1.93. The third kappa shape index (κ3) is 1.98. The number of rotatable bonds is 1. The second kappa shape index (κ2) is 3.73. The molecule has 15 heavy (non-hydrogen) atoms. The van der Waals surface area contributed by atoms with E-state index in [0.29, 0.717) is 0 Å². The predicted octanol–water partition coefficient (Wildman–Crippen LogP) is 2.73. The highest BCUT2D eigenvalue weighted by atomic mass is 19.1. The molecule has 2 aromatic rings. The molecule has 0 aliphatic rings. The zero-order chi connectivity index (χ0) is 10.8. The van der Waals surface area contributed by atoms with Crippen LogP contribution in [0.2, 0.25) is 0 Å². The number of benzene rings is 1. The van der Waals surface area contributed by atoms with Crippen LogP contribution in [0.25, 0.3) is 11.4 Å². The molecule has 0 atom stereocenters. The molecule has 0 saturated carbocycles. The van der Waals surface area contributed by atoms with Crippen molar-refractivity contribution in [2.24, 2.45) is 0 Å². The average Bonchev–Trinajstić information content (AvgIpc) is 2.17. The minimum atomic E-state index is -0.652. The number of aromatic nitrogens is 2. The standard InChI is InChI=1S/C11H8F2N2/c1-7-4-5-14-11(15-7)9-3-2-8(12)6-10(9)13/h2-6H,1H3. The van der Waals surface area contributed by atoms with E-state index in [9.17, 15) is 8.78 Å². The summed E-state index contributed by atoms with van der Waals surface area (Å²) in [4.78, 5) is 7.99. The van der Waals surface area contributed by atoms with Crippen LogP contribution in [0.5, 0.6) is 0 Å². The maximum Gasteiger partial charge on any atom is 0.162 e. The third-order valence-corrected chi connectivity index (χ3v) is 1.97. The third-order valence-electron chi connectivity index (χ3n) is 1.97. The molecule has 0 spiro atoms. The van der Waals surface area contributed by atoms with E-state index < -0.39 is 11.6 Å². The van der Waals surface area contributed by atoms with Crippen LogP contribution < -0.4 is 0 Å². The van der Waals surface area contributed by atoms with Crippen LogP contribution in [-0.4, -0.2) is 9.97 Å². The van der Waals surface area contributed by atoms with Gasteiger partial charge in [0.15, 0.2) is 5.82 Å². The summed E-state index contributed by atoms with van der Waals surface area (Å²) in [7, 11) is 0. The van der Waals surface area contributed by atoms with Gasteiger partial charge in [0.05, 0.1) is 5.56 Å². The summed E-state index contributed by atoms with van der Waals surface area (Å²) >= 11 is 0. The predicted molar refractivity (Wildman–Crippen MR) is 52.1 cm³/mol. The summed E-state index contributed by atoms with van der Waals surface area (Å²) in [5.41, 5.74) is 0.948. The minimum Gasteiger partial charge on any atom is -0.236 e. The zero-order valence-electron chi connectivity index (χ0n) is 8.04. The highest BCUT2D eigenvalue weighted by Crippen LogP contribution is 2.19. The molecule has 1 aromatic carbocycles. The maximum absolute atomic E-state index is 13.3. The molecule has 76 valence electrons. The van der Waals surface area contributed by atoms with Gasteiger partial charge in [-0.3, -0.25) is 0 Å². The fourth-order valence-electron chi connectivity index (χ4n) is 1.25. The van der Waals surface area contributed by atoms with Crippen molar-refractivity contribution in [3.8, 4) is 11.4 Å². The second-order valence-corrected chi connectivity index (χ2v) is 3.15. The summed E-state index contributed by atoms with van der Waals surface area (Å²) < 4.78 is 26.0. The minimum absolute atomic E-state index is 0.208. The number of halogens is 2. The largest absolute Gasteiger partial charge is 0.236 e. The van der Waals surface area contributed by atoms with Crippen molar-refractivity contribution < 1.29 is 8.78 Å². The van der Waals surface area contributed by atoms with E-state index in [4.69, 9.17) is 0 Å². The smallest absolute Gasteiger partial charge is 0.162 e. The molecule has 0 aliphatic carbocycles. The first-order valence-corrected chi connectivity index (χ1v) is 4.42. The van der Waals surface area contributed by atoms with Gasteiger partial charge in [-0.25, -0.2) is 18.7 Å². The first kappa shape index (κ1) is 9.71. The Morgan fingerprint density at radius 1 is 1.13 bits per heavy atom. The van der Waals surface area contributed by atoms with Crippen molar-refractivity contribution in [3.63, 3.8) is 0 Å². The molecule has 1 heterocycles. The fraction of sp³-hybridized carbons (Fsp3) is 0.0909. The molecule has 0 aliphatic heterocycles. The summed E-state index contributed by atoms with van der Waals surface area (Å²) in [6.07, 6.45) is 1.54. The van der Waals surface area contributed by atoms with Crippen LogP contribution in [0.4, 0.5) is 8.78 Å². The van der Waals surface area contributed by atoms with Gasteiger partial charge in [0.2, 0.25) is 0 Å². The van der Waals surface area contributed by atoms with Crippen LogP contribution >= 0.6 is 0 Å². The van der Waals surface area contributed by atoms with Crippen molar-refractivity contribution in [2.75, 3.05) is 0 Å². The Kier molecular flexibility index (Phi) is 2.41. The quantitative estimate of drug-likeness (QED) is 0.716. The highest BCUT2D eigenvalue weighted by molar-refractivity contribution is 5.55. The molecule has 0 unspecified atom stereocenters. The van der Waals surface area contributed by atoms with Crippen molar-refractivity contribution >= 4 is 0 Å². The molecule has 1 aromatic heterocycles. The summed E-state index contributed by atoms with van der Waals surface area (Å²) in [6, 6.07) is 5.05. The van der Waals surface area contributed by atoms with E-state index >= 15 is 0 Å². The Morgan fingerprint density at radius 3 is 2.60 bits per heavy atom. The lowest BCUT2D eigenvalue weighted by atomic mass is 10.2. The Labute approximate surface area is 85.6 Å². The topological polar surface area (TPSA) is 25.8 Å². The van der Waals surface area contributed by atoms with E-state index in [2.05, 4.69) is 9.97 Å². The first-order valence-electron chi connectivity index (χ1n) is 4.42. The van der Waals surface area contributed by atoms with Gasteiger partial charge in [-0.05, 0) is 25.1 Å². The Morgan fingerprint density at radius 2 is 1.93 bits per heavy atom. The lowest BCUT2D eigenvalue weighted by Gasteiger charge is -2.02. The van der Waals surface area contributed by atoms with Crippen molar-refractivity contribution in [3.05, 3.63) is 47.8 Å². The van der Waals surface area contributed by atoms with Gasteiger partial charge < -0.3 is 0 Å². The van der Waals surface area contributed by atoms with Crippen molar-refractivity contribution in [1.82, 2.24) is 9.97 Å². The number of aryl methyl sites for hydroxylation is 1. The molecular weight excluding hydrogens is 198 g/mol. The van der Waals surface area contributed by atoms with Crippen LogP contribution in [0.3, 0.4) is 0 Å². The van der Waals surface area contributed by atoms with Gasteiger partial charge in [-0.2, -0.15) is 0 Å². The van der Waals surface area contributed by atoms with Crippen LogP contribution in [-0.2, 0) is 0 Å². The zero-order valence-corrected chi connectivity index (χ0v) is 8.04. The molecule has 4 heteroatoms. The number of nitrogens with zero attached hydrogens (tertiary/aromatic N) is 2. The molecule has 0 N–H and O–H groups in total. The van der Waals surface area contributed by atoms with E-state index in [1.54, 1.807) is 19.2 Å². The van der Waals surface area contributed by atoms with Crippen molar-refractivity contribution in [1.29, 1.82) is 0 Å².